The van der Waals surface area contributed by atoms with Crippen LogP contribution in [-0.2, 0) is 17.4 Å². The van der Waals surface area contributed by atoms with E-state index < -0.39 is 0 Å². The van der Waals surface area contributed by atoms with E-state index >= 15 is 0 Å². The third-order valence-corrected chi connectivity index (χ3v) is 1.91. The first kappa shape index (κ1) is 30.5. The Hall–Kier alpha value is -1.19. The van der Waals surface area contributed by atoms with Crippen LogP contribution in [0, 0.1) is 0 Å². The first-order valence-electron chi connectivity index (χ1n) is 8.99. The molecule has 0 spiro atoms. The largest absolute Gasteiger partial charge is 2.00 e. The van der Waals surface area contributed by atoms with Gasteiger partial charge in [-0.15, -0.1) is 11.1 Å². The summed E-state index contributed by atoms with van der Waals surface area (Å²) in [5.74, 6) is 0. The maximum Gasteiger partial charge on any atom is 2.00 e. The van der Waals surface area contributed by atoms with Gasteiger partial charge >= 0.3 is 17.4 Å². The zero-order valence-corrected chi connectivity index (χ0v) is 20.7. The minimum atomic E-state index is -0.105. The Morgan fingerprint density at radius 1 is 0.481 bits per heavy atom. The number of nitrogens with zero attached hydrogens (tertiary/aromatic N) is 6. The van der Waals surface area contributed by atoms with E-state index in [-0.39, 0.29) is 39.5 Å². The van der Waals surface area contributed by atoms with Gasteiger partial charge in [0.25, 0.3) is 0 Å². The molecule has 0 saturated heterocycles. The van der Waals surface area contributed by atoms with Gasteiger partial charge in [0.2, 0.25) is 0 Å². The van der Waals surface area contributed by atoms with Crippen molar-refractivity contribution in [3.63, 3.8) is 0 Å². The summed E-state index contributed by atoms with van der Waals surface area (Å²) in [5.41, 5.74) is 7.83. The molecule has 0 aliphatic carbocycles. The van der Waals surface area contributed by atoms with Crippen LogP contribution in [-0.4, -0.2) is 47.0 Å². The number of aliphatic imine (C=N–C) groups is 2. The second kappa shape index (κ2) is 13.1. The van der Waals surface area contributed by atoms with E-state index in [9.17, 15) is 0 Å². The summed E-state index contributed by atoms with van der Waals surface area (Å²) in [6.07, 6.45) is 6.62. The number of hydrogen-bond donors (Lipinski definition) is 0. The van der Waals surface area contributed by atoms with Gasteiger partial charge in [-0.3, -0.25) is 9.98 Å². The Morgan fingerprint density at radius 3 is 0.926 bits per heavy atom. The topological polar surface area (TPSA) is 77.6 Å². The Balaban J connectivity index is -0.000000411. The Bertz CT molecular complexity index is 435. The molecule has 0 N–H and O–H groups in total. The molecule has 6 nitrogen and oxygen atoms in total. The van der Waals surface area contributed by atoms with E-state index in [1.54, 1.807) is 24.9 Å². The fourth-order valence-corrected chi connectivity index (χ4v) is 0.987. The Kier molecular flexibility index (Phi) is 14.8. The van der Waals surface area contributed by atoms with Gasteiger partial charge in [-0.2, -0.15) is 0 Å². The van der Waals surface area contributed by atoms with Crippen LogP contribution >= 0.6 is 0 Å². The van der Waals surface area contributed by atoms with Crippen molar-refractivity contribution in [2.24, 2.45) is 20.2 Å². The van der Waals surface area contributed by atoms with Crippen LogP contribution in [0.4, 0.5) is 0 Å². The molecule has 0 heterocycles. The average Bonchev–Trinajstić information content (AvgIpc) is 2.33. The van der Waals surface area contributed by atoms with Crippen LogP contribution < -0.4 is 0 Å². The minimum absolute atomic E-state index is 0. The summed E-state index contributed by atoms with van der Waals surface area (Å²) in [7, 11) is 0. The van der Waals surface area contributed by atoms with E-state index in [1.165, 1.54) is 0 Å². The molecule has 0 unspecified atom stereocenters. The predicted molar refractivity (Wildman–Crippen MR) is 120 cm³/mol. The molecular weight excluding hydrogens is 376 g/mol. The third kappa shape index (κ3) is 36.5. The van der Waals surface area contributed by atoms with Crippen LogP contribution in [0.5, 0.6) is 0 Å². The van der Waals surface area contributed by atoms with Crippen molar-refractivity contribution in [2.45, 2.75) is 105 Å². The first-order valence-corrected chi connectivity index (χ1v) is 8.99. The molecule has 0 saturated carbocycles. The van der Waals surface area contributed by atoms with Crippen molar-refractivity contribution in [1.29, 1.82) is 0 Å². The zero-order chi connectivity index (χ0) is 21.1. The van der Waals surface area contributed by atoms with E-state index in [4.69, 9.17) is 0 Å². The van der Waals surface area contributed by atoms with Gasteiger partial charge in [-0.25, -0.2) is 0 Å². The molecule has 0 aliphatic heterocycles. The molecule has 0 bridgehead atoms. The summed E-state index contributed by atoms with van der Waals surface area (Å²) in [5, 5.41) is 7.79. The maximum atomic E-state index is 4.24. The summed E-state index contributed by atoms with van der Waals surface area (Å²) < 4.78 is 0. The second-order valence-electron chi connectivity index (χ2n) is 9.97. The van der Waals surface area contributed by atoms with Gasteiger partial charge in [0.1, 0.15) is 0 Å². The molecule has 0 rings (SSSR count). The van der Waals surface area contributed by atoms with Gasteiger partial charge in [-0.1, -0.05) is 41.5 Å². The van der Waals surface area contributed by atoms with E-state index in [2.05, 4.69) is 31.0 Å². The van der Waals surface area contributed by atoms with Gasteiger partial charge in [0, 0.05) is 24.9 Å². The molecule has 0 amide bonds. The van der Waals surface area contributed by atoms with Crippen LogP contribution in [0.15, 0.2) is 20.2 Å². The van der Waals surface area contributed by atoms with Gasteiger partial charge in [0.05, 0.1) is 11.1 Å². The molecular formula is C20H40CrN6. The molecule has 0 fully saturated rings. The number of hydrogen-bond acceptors (Lipinski definition) is 4. The predicted octanol–water partition coefficient (Wildman–Crippen LogP) is 6.02. The monoisotopic (exact) mass is 416 g/mol. The molecule has 0 atom stereocenters. The average molecular weight is 417 g/mol. The quantitative estimate of drug-likeness (QED) is 0.396. The smallest absolute Gasteiger partial charge is 0.597 e. The molecule has 27 heavy (non-hydrogen) atoms. The standard InChI is InChI=1S/2C10H20N3.Cr/c2*1-9(2,3)11-7-8-12-13-10(4,5)6;/h2*7-8H,1-6H3;/q2*-1;+2. The summed E-state index contributed by atoms with van der Waals surface area (Å²) in [4.78, 5) is 8.48. The fraction of sp³-hybridized carbons (Fsp3) is 0.800. The zero-order valence-electron chi connectivity index (χ0n) is 19.4. The second-order valence-corrected chi connectivity index (χ2v) is 9.97. The third-order valence-electron chi connectivity index (χ3n) is 1.91. The number of rotatable bonds is 4. The molecule has 7 heteroatoms. The summed E-state index contributed by atoms with van der Waals surface area (Å²) >= 11 is 0. The van der Waals surface area contributed by atoms with Gasteiger partial charge in [0.15, 0.2) is 0 Å². The summed E-state index contributed by atoms with van der Waals surface area (Å²) in [6, 6.07) is 0. The van der Waals surface area contributed by atoms with E-state index in [0.29, 0.717) is 0 Å². The molecule has 0 aliphatic rings. The Morgan fingerprint density at radius 2 is 0.741 bits per heavy atom. The van der Waals surface area contributed by atoms with Gasteiger partial charge in [-0.05, 0) is 41.5 Å². The SMILES string of the molecule is CC(C)(C)N=CC=N[N-]C(C)(C)C.CC(C)(C)N=CC=N[N-]C(C)(C)C.[Cr+2]. The molecule has 0 aromatic rings. The molecule has 0 aromatic heterocycles. The molecule has 0 radical (unpaired) electrons. The minimum Gasteiger partial charge on any atom is -0.597 e. The van der Waals surface area contributed by atoms with Crippen molar-refractivity contribution < 1.29 is 17.4 Å². The first-order chi connectivity index (χ1) is 11.4. The van der Waals surface area contributed by atoms with Crippen molar-refractivity contribution in [1.82, 2.24) is 0 Å². The van der Waals surface area contributed by atoms with Crippen LogP contribution in [0.25, 0.3) is 10.9 Å². The normalized spacial score (nSPS) is 13.8. The van der Waals surface area contributed by atoms with Crippen LogP contribution in [0.2, 0.25) is 0 Å². The molecule has 0 aromatic carbocycles. The molecule has 156 valence electrons. The van der Waals surface area contributed by atoms with E-state index in [0.717, 1.165) is 0 Å². The van der Waals surface area contributed by atoms with Crippen molar-refractivity contribution in [3.05, 3.63) is 10.9 Å². The fourth-order valence-electron chi connectivity index (χ4n) is 0.987. The van der Waals surface area contributed by atoms with Crippen molar-refractivity contribution >= 4 is 24.9 Å². The Labute approximate surface area is 178 Å². The van der Waals surface area contributed by atoms with Crippen LogP contribution in [0.1, 0.15) is 83.1 Å². The van der Waals surface area contributed by atoms with E-state index in [1.807, 2.05) is 83.1 Å². The van der Waals surface area contributed by atoms with Gasteiger partial charge < -0.3 is 21.1 Å². The summed E-state index contributed by atoms with van der Waals surface area (Å²) in [6.45, 7) is 24.3. The van der Waals surface area contributed by atoms with Crippen molar-refractivity contribution in [2.75, 3.05) is 0 Å². The van der Waals surface area contributed by atoms with Crippen molar-refractivity contribution in [3.8, 4) is 0 Å². The van der Waals surface area contributed by atoms with Crippen LogP contribution in [0.3, 0.4) is 0 Å². The maximum absolute atomic E-state index is 4.24.